The molecule has 0 fully saturated rings. The fourth-order valence-electron chi connectivity index (χ4n) is 1.92. The van der Waals surface area contributed by atoms with Gasteiger partial charge in [-0.2, -0.15) is 0 Å². The minimum atomic E-state index is 0. The third-order valence-electron chi connectivity index (χ3n) is 2.90. The molecule has 0 spiro atoms. The molecule has 0 bridgehead atoms. The van der Waals surface area contributed by atoms with Crippen LogP contribution in [0.15, 0.2) is 30.5 Å². The second kappa shape index (κ2) is 4.00. The van der Waals surface area contributed by atoms with Gasteiger partial charge in [-0.05, 0) is 20.0 Å². The molecule has 3 rings (SSSR count). The largest absolute Gasteiger partial charge is 0.344 e. The Morgan fingerprint density at radius 1 is 1.25 bits per heavy atom. The van der Waals surface area contributed by atoms with Crippen molar-refractivity contribution < 1.29 is 20.1 Å². The molecule has 83 valence electrons. The standard InChI is InChI=1S/C13H11N2.Ir/c1-9-10(2)15-8-7-11-5-3-4-6-12(11)13(15)14-9;/h3-5,7-8H,1-2H3;/q-1;. The quantitative estimate of drug-likeness (QED) is 0.542. The van der Waals surface area contributed by atoms with Gasteiger partial charge in [0.25, 0.3) is 0 Å². The summed E-state index contributed by atoms with van der Waals surface area (Å²) in [5.41, 5.74) is 3.28. The SMILES string of the molecule is Cc1nc2c3[c-]cccc3ccn2c1C.[Ir]. The second-order valence-corrected chi connectivity index (χ2v) is 3.79. The van der Waals surface area contributed by atoms with Gasteiger partial charge < -0.3 is 4.40 Å². The first-order chi connectivity index (χ1) is 7.27. The van der Waals surface area contributed by atoms with Crippen molar-refractivity contribution in [3.05, 3.63) is 47.9 Å². The summed E-state index contributed by atoms with van der Waals surface area (Å²) < 4.78 is 2.12. The Hall–Kier alpha value is -1.18. The summed E-state index contributed by atoms with van der Waals surface area (Å²) in [7, 11) is 0. The molecule has 0 aliphatic heterocycles. The van der Waals surface area contributed by atoms with Crippen LogP contribution in [0.2, 0.25) is 0 Å². The molecule has 0 N–H and O–H groups in total. The van der Waals surface area contributed by atoms with Gasteiger partial charge in [0, 0.05) is 31.5 Å². The number of pyridine rings is 1. The first kappa shape index (κ1) is 11.3. The summed E-state index contributed by atoms with van der Waals surface area (Å²) in [6, 6.07) is 11.4. The minimum absolute atomic E-state index is 0. The van der Waals surface area contributed by atoms with Crippen molar-refractivity contribution in [1.82, 2.24) is 9.38 Å². The Bertz CT molecular complexity index is 655. The van der Waals surface area contributed by atoms with Crippen molar-refractivity contribution in [2.75, 3.05) is 0 Å². The van der Waals surface area contributed by atoms with Crippen molar-refractivity contribution in [2.45, 2.75) is 13.8 Å². The number of hydrogen-bond donors (Lipinski definition) is 0. The topological polar surface area (TPSA) is 17.3 Å². The van der Waals surface area contributed by atoms with E-state index in [1.165, 1.54) is 11.1 Å². The molecule has 0 unspecified atom stereocenters. The average Bonchev–Trinajstić information content (AvgIpc) is 2.56. The zero-order chi connectivity index (χ0) is 10.4. The van der Waals surface area contributed by atoms with Crippen molar-refractivity contribution >= 4 is 16.4 Å². The molecule has 16 heavy (non-hydrogen) atoms. The van der Waals surface area contributed by atoms with Crippen LogP contribution < -0.4 is 0 Å². The summed E-state index contributed by atoms with van der Waals surface area (Å²) in [4.78, 5) is 4.57. The summed E-state index contributed by atoms with van der Waals surface area (Å²) in [6.07, 6.45) is 2.07. The minimum Gasteiger partial charge on any atom is -0.344 e. The van der Waals surface area contributed by atoms with Crippen molar-refractivity contribution in [3.63, 3.8) is 0 Å². The van der Waals surface area contributed by atoms with E-state index in [0.29, 0.717) is 0 Å². The summed E-state index contributed by atoms with van der Waals surface area (Å²) in [6.45, 7) is 4.13. The van der Waals surface area contributed by atoms with Crippen LogP contribution in [0.25, 0.3) is 16.4 Å². The van der Waals surface area contributed by atoms with E-state index in [9.17, 15) is 0 Å². The molecule has 0 aliphatic carbocycles. The number of imidazole rings is 1. The summed E-state index contributed by atoms with van der Waals surface area (Å²) in [5.74, 6) is 0. The summed E-state index contributed by atoms with van der Waals surface area (Å²) in [5, 5.41) is 2.28. The van der Waals surface area contributed by atoms with E-state index >= 15 is 0 Å². The Labute approximate surface area is 108 Å². The Balaban J connectivity index is 0.000000963. The third kappa shape index (κ3) is 1.48. The van der Waals surface area contributed by atoms with E-state index in [0.717, 1.165) is 16.7 Å². The molecule has 0 saturated carbocycles. The fourth-order valence-corrected chi connectivity index (χ4v) is 1.92. The van der Waals surface area contributed by atoms with Crippen molar-refractivity contribution in [3.8, 4) is 0 Å². The zero-order valence-electron chi connectivity index (χ0n) is 9.11. The van der Waals surface area contributed by atoms with Crippen LogP contribution in [0.5, 0.6) is 0 Å². The maximum absolute atomic E-state index is 4.57. The molecule has 1 radical (unpaired) electrons. The van der Waals surface area contributed by atoms with Gasteiger partial charge in [-0.1, -0.05) is 6.07 Å². The molecule has 3 heteroatoms. The predicted octanol–water partition coefficient (Wildman–Crippen LogP) is 2.90. The number of rotatable bonds is 0. The molecule has 0 atom stereocenters. The van der Waals surface area contributed by atoms with Gasteiger partial charge in [-0.25, -0.2) is 0 Å². The molecule has 2 heterocycles. The van der Waals surface area contributed by atoms with Gasteiger partial charge in [0.05, 0.1) is 5.65 Å². The number of nitrogens with zero attached hydrogens (tertiary/aromatic N) is 2. The van der Waals surface area contributed by atoms with Gasteiger partial charge >= 0.3 is 0 Å². The van der Waals surface area contributed by atoms with Gasteiger partial charge in [0.2, 0.25) is 0 Å². The number of aryl methyl sites for hydroxylation is 2. The maximum Gasteiger partial charge on any atom is 0.0609 e. The maximum atomic E-state index is 4.57. The number of benzene rings is 1. The monoisotopic (exact) mass is 388 g/mol. The van der Waals surface area contributed by atoms with E-state index in [1.54, 1.807) is 0 Å². The third-order valence-corrected chi connectivity index (χ3v) is 2.90. The van der Waals surface area contributed by atoms with Crippen LogP contribution in [0.1, 0.15) is 11.4 Å². The normalized spacial score (nSPS) is 10.6. The van der Waals surface area contributed by atoms with Crippen LogP contribution in [0.3, 0.4) is 0 Å². The molecular weight excluding hydrogens is 376 g/mol. The van der Waals surface area contributed by atoms with E-state index in [4.69, 9.17) is 0 Å². The Morgan fingerprint density at radius 2 is 2.06 bits per heavy atom. The van der Waals surface area contributed by atoms with Crippen LogP contribution in [0.4, 0.5) is 0 Å². The molecular formula is C13H11IrN2-. The Kier molecular flexibility index (Phi) is 2.83. The molecule has 3 aromatic rings. The summed E-state index contributed by atoms with van der Waals surface area (Å²) >= 11 is 0. The molecule has 0 saturated heterocycles. The smallest absolute Gasteiger partial charge is 0.0609 e. The van der Waals surface area contributed by atoms with E-state index in [-0.39, 0.29) is 20.1 Å². The second-order valence-electron chi connectivity index (χ2n) is 3.79. The van der Waals surface area contributed by atoms with Gasteiger partial charge in [0.15, 0.2) is 0 Å². The fraction of sp³-hybridized carbons (Fsp3) is 0.154. The van der Waals surface area contributed by atoms with E-state index < -0.39 is 0 Å². The van der Waals surface area contributed by atoms with Crippen LogP contribution in [-0.4, -0.2) is 9.38 Å². The average molecular weight is 387 g/mol. The molecule has 0 amide bonds. The van der Waals surface area contributed by atoms with Crippen LogP contribution in [0, 0.1) is 19.9 Å². The molecule has 1 aromatic carbocycles. The molecule has 2 nitrogen and oxygen atoms in total. The zero-order valence-corrected chi connectivity index (χ0v) is 11.5. The van der Waals surface area contributed by atoms with Crippen LogP contribution in [-0.2, 0) is 20.1 Å². The van der Waals surface area contributed by atoms with Crippen molar-refractivity contribution in [1.29, 1.82) is 0 Å². The number of aromatic nitrogens is 2. The van der Waals surface area contributed by atoms with E-state index in [2.05, 4.69) is 40.7 Å². The first-order valence-corrected chi connectivity index (χ1v) is 5.02. The van der Waals surface area contributed by atoms with Gasteiger partial charge in [-0.15, -0.1) is 35.0 Å². The molecule has 0 aliphatic rings. The molecule has 2 aromatic heterocycles. The predicted molar refractivity (Wildman–Crippen MR) is 61.0 cm³/mol. The van der Waals surface area contributed by atoms with Crippen LogP contribution >= 0.6 is 0 Å². The number of fused-ring (bicyclic) bond motifs is 3. The Morgan fingerprint density at radius 3 is 2.88 bits per heavy atom. The van der Waals surface area contributed by atoms with Crippen molar-refractivity contribution in [2.24, 2.45) is 0 Å². The number of hydrogen-bond acceptors (Lipinski definition) is 1. The van der Waals surface area contributed by atoms with Gasteiger partial charge in [0.1, 0.15) is 0 Å². The first-order valence-electron chi connectivity index (χ1n) is 5.02. The van der Waals surface area contributed by atoms with Gasteiger partial charge in [-0.3, -0.25) is 4.98 Å². The van der Waals surface area contributed by atoms with E-state index in [1.807, 2.05) is 19.1 Å².